The van der Waals surface area contributed by atoms with E-state index in [1.54, 1.807) is 42.5 Å². The lowest BCUT2D eigenvalue weighted by molar-refractivity contribution is -0.138. The van der Waals surface area contributed by atoms with Gasteiger partial charge in [-0.2, -0.15) is 5.26 Å². The zero-order valence-electron chi connectivity index (χ0n) is 15.0. The molecule has 28 heavy (non-hydrogen) atoms. The number of rotatable bonds is 9. The first-order chi connectivity index (χ1) is 13.5. The maximum Gasteiger partial charge on any atom is 0.330 e. The van der Waals surface area contributed by atoms with Gasteiger partial charge >= 0.3 is 5.97 Å². The second kappa shape index (κ2) is 11.1. The Morgan fingerprint density at radius 1 is 1.11 bits per heavy atom. The van der Waals surface area contributed by atoms with Crippen molar-refractivity contribution in [3.63, 3.8) is 0 Å². The minimum atomic E-state index is -0.530. The number of para-hydroxylation sites is 1. The summed E-state index contributed by atoms with van der Waals surface area (Å²) in [4.78, 5) is 11.8. The lowest BCUT2D eigenvalue weighted by atomic mass is 10.2. The number of nitrogens with zero attached hydrogens (tertiary/aromatic N) is 1. The summed E-state index contributed by atoms with van der Waals surface area (Å²) >= 11 is 12.0. The van der Waals surface area contributed by atoms with Crippen LogP contribution in [-0.2, 0) is 9.53 Å². The van der Waals surface area contributed by atoms with Crippen LogP contribution < -0.4 is 14.2 Å². The molecule has 8 heteroatoms. The summed E-state index contributed by atoms with van der Waals surface area (Å²) in [7, 11) is 1.49. The molecular weight excluding hydrogens is 405 g/mol. The number of methoxy groups -OCH3 is 1. The number of nitriles is 1. The van der Waals surface area contributed by atoms with Crippen LogP contribution in [-0.4, -0.2) is 32.9 Å². The average molecular weight is 422 g/mol. The van der Waals surface area contributed by atoms with Gasteiger partial charge in [-0.25, -0.2) is 4.79 Å². The molecule has 0 fully saturated rings. The minimum Gasteiger partial charge on any atom is -0.493 e. The number of hydrogen-bond acceptors (Lipinski definition) is 6. The van der Waals surface area contributed by atoms with Crippen molar-refractivity contribution in [1.82, 2.24) is 0 Å². The third kappa shape index (κ3) is 6.38. The molecule has 0 aliphatic rings. The number of ether oxygens (including phenoxy) is 4. The van der Waals surface area contributed by atoms with Crippen molar-refractivity contribution in [2.75, 3.05) is 26.9 Å². The Bertz CT molecular complexity index is 872. The topological polar surface area (TPSA) is 77.8 Å². The normalized spacial score (nSPS) is 10.4. The lowest BCUT2D eigenvalue weighted by Gasteiger charge is -2.09. The standard InChI is InChI=1S/C20H17Cl2NO5/c1-25-18-13-14(5-7-17(18)26-10-9-23)6-8-19(24)27-11-12-28-20-15(21)3-2-4-16(20)22/h2-8,13H,10-12H2,1H3/b8-6-. The summed E-state index contributed by atoms with van der Waals surface area (Å²) in [5, 5.41) is 9.34. The van der Waals surface area contributed by atoms with Gasteiger partial charge in [0.05, 0.1) is 17.2 Å². The van der Waals surface area contributed by atoms with Gasteiger partial charge in [-0.15, -0.1) is 0 Å². The van der Waals surface area contributed by atoms with E-state index in [2.05, 4.69) is 0 Å². The zero-order valence-corrected chi connectivity index (χ0v) is 16.5. The first-order valence-corrected chi connectivity index (χ1v) is 8.90. The Kier molecular flexibility index (Phi) is 8.47. The van der Waals surface area contributed by atoms with E-state index in [1.165, 1.54) is 13.2 Å². The van der Waals surface area contributed by atoms with Gasteiger partial charge in [0.2, 0.25) is 0 Å². The molecular formula is C20H17Cl2NO5. The SMILES string of the molecule is COc1cc(/C=C\C(=O)OCCOc2c(Cl)cccc2Cl)ccc1OCC#N. The summed E-state index contributed by atoms with van der Waals surface area (Å²) in [5.74, 6) is 0.718. The Balaban J connectivity index is 1.84. The van der Waals surface area contributed by atoms with Crippen LogP contribution in [0.5, 0.6) is 17.2 Å². The van der Waals surface area contributed by atoms with E-state index in [1.807, 2.05) is 6.07 Å². The van der Waals surface area contributed by atoms with E-state index in [4.69, 9.17) is 47.4 Å². The average Bonchev–Trinajstić information content (AvgIpc) is 2.70. The van der Waals surface area contributed by atoms with E-state index < -0.39 is 5.97 Å². The fourth-order valence-corrected chi connectivity index (χ4v) is 2.64. The predicted octanol–water partition coefficient (Wildman–Crippen LogP) is 4.54. The molecule has 0 aliphatic carbocycles. The highest BCUT2D eigenvalue weighted by Crippen LogP contribution is 2.32. The molecule has 0 atom stereocenters. The van der Waals surface area contributed by atoms with Crippen LogP contribution >= 0.6 is 23.2 Å². The van der Waals surface area contributed by atoms with E-state index in [0.29, 0.717) is 32.9 Å². The molecule has 146 valence electrons. The smallest absolute Gasteiger partial charge is 0.330 e. The van der Waals surface area contributed by atoms with E-state index in [-0.39, 0.29) is 19.8 Å². The molecule has 6 nitrogen and oxygen atoms in total. The Morgan fingerprint density at radius 2 is 1.86 bits per heavy atom. The minimum absolute atomic E-state index is 0.0367. The maximum absolute atomic E-state index is 11.8. The molecule has 0 radical (unpaired) electrons. The molecule has 0 unspecified atom stereocenters. The van der Waals surface area contributed by atoms with Gasteiger partial charge in [0.1, 0.15) is 19.3 Å². The summed E-state index contributed by atoms with van der Waals surface area (Å²) in [6, 6.07) is 12.0. The second-order valence-electron chi connectivity index (χ2n) is 5.26. The molecule has 0 amide bonds. The van der Waals surface area contributed by atoms with Crippen molar-refractivity contribution in [3.05, 3.63) is 58.1 Å². The molecule has 2 aromatic rings. The molecule has 0 saturated carbocycles. The van der Waals surface area contributed by atoms with Crippen LogP contribution in [0.2, 0.25) is 10.0 Å². The van der Waals surface area contributed by atoms with Crippen LogP contribution in [0.4, 0.5) is 0 Å². The van der Waals surface area contributed by atoms with Gasteiger partial charge in [-0.3, -0.25) is 0 Å². The summed E-state index contributed by atoms with van der Waals surface area (Å²) in [6.07, 6.45) is 2.86. The van der Waals surface area contributed by atoms with Crippen molar-refractivity contribution in [2.24, 2.45) is 0 Å². The van der Waals surface area contributed by atoms with Gasteiger partial charge in [-0.05, 0) is 35.9 Å². The Hall–Kier alpha value is -2.88. The largest absolute Gasteiger partial charge is 0.493 e. The molecule has 0 aliphatic heterocycles. The van der Waals surface area contributed by atoms with Crippen LogP contribution in [0.3, 0.4) is 0 Å². The van der Waals surface area contributed by atoms with Gasteiger partial charge in [0.15, 0.2) is 23.9 Å². The molecule has 2 rings (SSSR count). The maximum atomic E-state index is 11.8. The molecule has 0 N–H and O–H groups in total. The van der Waals surface area contributed by atoms with Crippen molar-refractivity contribution in [2.45, 2.75) is 0 Å². The number of carbonyl (C=O) groups is 1. The van der Waals surface area contributed by atoms with E-state index in [0.717, 1.165) is 0 Å². The molecule has 2 aromatic carbocycles. The van der Waals surface area contributed by atoms with Gasteiger partial charge in [0, 0.05) is 6.08 Å². The third-order valence-corrected chi connectivity index (χ3v) is 3.98. The fraction of sp³-hybridized carbons (Fsp3) is 0.200. The van der Waals surface area contributed by atoms with Crippen molar-refractivity contribution < 1.29 is 23.7 Å². The monoisotopic (exact) mass is 421 g/mol. The highest BCUT2D eigenvalue weighted by atomic mass is 35.5. The first-order valence-electron chi connectivity index (χ1n) is 8.14. The number of esters is 1. The molecule has 0 aromatic heterocycles. The van der Waals surface area contributed by atoms with Crippen molar-refractivity contribution >= 4 is 35.2 Å². The summed E-state index contributed by atoms with van der Waals surface area (Å²) in [6.45, 7) is 0.0656. The van der Waals surface area contributed by atoms with Crippen LogP contribution in [0.25, 0.3) is 6.08 Å². The van der Waals surface area contributed by atoms with E-state index >= 15 is 0 Å². The molecule has 0 saturated heterocycles. The zero-order chi connectivity index (χ0) is 20.4. The molecule has 0 bridgehead atoms. The highest BCUT2D eigenvalue weighted by Gasteiger charge is 2.07. The number of carbonyl (C=O) groups excluding carboxylic acids is 1. The third-order valence-electron chi connectivity index (χ3n) is 3.38. The van der Waals surface area contributed by atoms with Crippen LogP contribution in [0, 0.1) is 11.3 Å². The lowest BCUT2D eigenvalue weighted by Crippen LogP contribution is -2.10. The van der Waals surface area contributed by atoms with Gasteiger partial charge < -0.3 is 18.9 Å². The molecule has 0 heterocycles. The van der Waals surface area contributed by atoms with Crippen molar-refractivity contribution in [1.29, 1.82) is 5.26 Å². The molecule has 0 spiro atoms. The number of hydrogen-bond donors (Lipinski definition) is 0. The fourth-order valence-electron chi connectivity index (χ4n) is 2.14. The Morgan fingerprint density at radius 3 is 2.54 bits per heavy atom. The first kappa shape index (κ1) is 21.4. The van der Waals surface area contributed by atoms with Gasteiger partial charge in [-0.1, -0.05) is 35.3 Å². The van der Waals surface area contributed by atoms with Gasteiger partial charge in [0.25, 0.3) is 0 Å². The van der Waals surface area contributed by atoms with E-state index in [9.17, 15) is 4.79 Å². The Labute approximate surface area is 172 Å². The summed E-state index contributed by atoms with van der Waals surface area (Å²) in [5.41, 5.74) is 0.706. The highest BCUT2D eigenvalue weighted by molar-refractivity contribution is 6.37. The quantitative estimate of drug-likeness (QED) is 0.336. The second-order valence-corrected chi connectivity index (χ2v) is 6.07. The number of benzene rings is 2. The number of halogens is 2. The van der Waals surface area contributed by atoms with Crippen molar-refractivity contribution in [3.8, 4) is 23.3 Å². The predicted molar refractivity (Wildman–Crippen MR) is 106 cm³/mol. The van der Waals surface area contributed by atoms with Crippen LogP contribution in [0.15, 0.2) is 42.5 Å². The van der Waals surface area contributed by atoms with Crippen LogP contribution in [0.1, 0.15) is 5.56 Å². The summed E-state index contributed by atoms with van der Waals surface area (Å²) < 4.78 is 21.0.